The summed E-state index contributed by atoms with van der Waals surface area (Å²) in [7, 11) is 1.80. The zero-order valence-electron chi connectivity index (χ0n) is 16.9. The minimum absolute atomic E-state index is 0.232. The second kappa shape index (κ2) is 10.2. The fourth-order valence-corrected chi connectivity index (χ4v) is 3.60. The van der Waals surface area contributed by atoms with Crippen LogP contribution in [0.4, 0.5) is 10.5 Å². The number of nitrogens with one attached hydrogen (secondary N) is 1. The van der Waals surface area contributed by atoms with E-state index in [1.807, 2.05) is 6.92 Å². The molecule has 8 heteroatoms. The molecular formula is C20H31N5O3. The number of benzene rings is 1. The molecule has 2 fully saturated rings. The molecule has 0 spiro atoms. The Morgan fingerprint density at radius 3 is 2.46 bits per heavy atom. The maximum absolute atomic E-state index is 11.9. The normalized spacial score (nSPS) is 18.2. The SMILES string of the molecule is CCOC(=O)N1CCN(C(=NC)NCc2ccccc2N2CCOCC2)CC1. The van der Waals surface area contributed by atoms with E-state index in [2.05, 4.69) is 44.4 Å². The van der Waals surface area contributed by atoms with Crippen molar-refractivity contribution in [3.05, 3.63) is 29.8 Å². The molecule has 0 saturated carbocycles. The number of carbonyl (C=O) groups is 1. The highest BCUT2D eigenvalue weighted by Crippen LogP contribution is 2.21. The fourth-order valence-electron chi connectivity index (χ4n) is 3.60. The molecule has 0 unspecified atom stereocenters. The van der Waals surface area contributed by atoms with E-state index in [0.717, 1.165) is 45.4 Å². The molecule has 3 rings (SSSR count). The van der Waals surface area contributed by atoms with Gasteiger partial charge in [0.1, 0.15) is 0 Å². The molecule has 0 bridgehead atoms. The maximum Gasteiger partial charge on any atom is 0.409 e. The topological polar surface area (TPSA) is 69.6 Å². The lowest BCUT2D eigenvalue weighted by Gasteiger charge is -2.36. The summed E-state index contributed by atoms with van der Waals surface area (Å²) in [6.07, 6.45) is -0.232. The van der Waals surface area contributed by atoms with Crippen LogP contribution in [0, 0.1) is 0 Å². The number of hydrogen-bond donors (Lipinski definition) is 1. The third-order valence-corrected chi connectivity index (χ3v) is 5.10. The lowest BCUT2D eigenvalue weighted by atomic mass is 10.1. The van der Waals surface area contributed by atoms with E-state index in [4.69, 9.17) is 9.47 Å². The van der Waals surface area contributed by atoms with Crippen LogP contribution in [0.1, 0.15) is 12.5 Å². The van der Waals surface area contributed by atoms with E-state index in [9.17, 15) is 4.79 Å². The van der Waals surface area contributed by atoms with Crippen LogP contribution < -0.4 is 10.2 Å². The van der Waals surface area contributed by atoms with Gasteiger partial charge >= 0.3 is 6.09 Å². The predicted molar refractivity (Wildman–Crippen MR) is 110 cm³/mol. The van der Waals surface area contributed by atoms with Crippen molar-refractivity contribution in [1.82, 2.24) is 15.1 Å². The molecule has 1 amide bonds. The number of guanidine groups is 1. The second-order valence-corrected chi connectivity index (χ2v) is 6.80. The fraction of sp³-hybridized carbons (Fsp3) is 0.600. The second-order valence-electron chi connectivity index (χ2n) is 6.80. The van der Waals surface area contributed by atoms with Crippen molar-refractivity contribution in [2.24, 2.45) is 4.99 Å². The third-order valence-electron chi connectivity index (χ3n) is 5.10. The van der Waals surface area contributed by atoms with Crippen LogP contribution in [0.2, 0.25) is 0 Å². The Bertz CT molecular complexity index is 668. The molecule has 8 nitrogen and oxygen atoms in total. The molecule has 28 heavy (non-hydrogen) atoms. The van der Waals surface area contributed by atoms with Gasteiger partial charge in [0.25, 0.3) is 0 Å². The Kier molecular flexibility index (Phi) is 7.36. The number of carbonyl (C=O) groups excluding carboxylic acids is 1. The summed E-state index contributed by atoms with van der Waals surface area (Å²) < 4.78 is 10.6. The standard InChI is InChI=1S/C20H31N5O3/c1-3-28-20(26)25-10-8-24(9-11-25)19(21-2)22-16-17-6-4-5-7-18(17)23-12-14-27-15-13-23/h4-7H,3,8-16H2,1-2H3,(H,21,22). The van der Waals surface area contributed by atoms with Crippen LogP contribution in [0.3, 0.4) is 0 Å². The molecule has 2 saturated heterocycles. The zero-order valence-corrected chi connectivity index (χ0v) is 16.9. The monoisotopic (exact) mass is 389 g/mol. The molecule has 1 aromatic rings. The number of hydrogen-bond acceptors (Lipinski definition) is 5. The van der Waals surface area contributed by atoms with E-state index in [1.165, 1.54) is 11.3 Å². The van der Waals surface area contributed by atoms with Crippen molar-refractivity contribution in [3.8, 4) is 0 Å². The Labute approximate surface area is 167 Å². The average Bonchev–Trinajstić information content (AvgIpc) is 2.76. The molecule has 1 aromatic carbocycles. The summed E-state index contributed by atoms with van der Waals surface area (Å²) in [5.41, 5.74) is 2.50. The van der Waals surface area contributed by atoms with E-state index < -0.39 is 0 Å². The van der Waals surface area contributed by atoms with Gasteiger partial charge in [0.05, 0.1) is 19.8 Å². The molecule has 0 aliphatic carbocycles. The Balaban J connectivity index is 1.56. The zero-order chi connectivity index (χ0) is 19.8. The molecule has 154 valence electrons. The number of rotatable bonds is 4. The smallest absolute Gasteiger partial charge is 0.409 e. The van der Waals surface area contributed by atoms with Gasteiger partial charge in [-0.05, 0) is 18.6 Å². The molecule has 0 aromatic heterocycles. The minimum Gasteiger partial charge on any atom is -0.450 e. The van der Waals surface area contributed by atoms with E-state index in [-0.39, 0.29) is 6.09 Å². The summed E-state index contributed by atoms with van der Waals surface area (Å²) in [6.45, 7) is 9.09. The molecular weight excluding hydrogens is 358 g/mol. The number of aliphatic imine (C=N–C) groups is 1. The van der Waals surface area contributed by atoms with Gasteiger partial charge in [0.2, 0.25) is 0 Å². The van der Waals surface area contributed by atoms with Crippen LogP contribution in [0.25, 0.3) is 0 Å². The van der Waals surface area contributed by atoms with Gasteiger partial charge < -0.3 is 29.5 Å². The summed E-state index contributed by atoms with van der Waals surface area (Å²) in [5, 5.41) is 3.49. The van der Waals surface area contributed by atoms with Crippen LogP contribution in [0.15, 0.2) is 29.3 Å². The van der Waals surface area contributed by atoms with Gasteiger partial charge in [0, 0.05) is 58.5 Å². The summed E-state index contributed by atoms with van der Waals surface area (Å²) in [6, 6.07) is 8.48. The number of nitrogens with zero attached hydrogens (tertiary/aromatic N) is 4. The highest BCUT2D eigenvalue weighted by Gasteiger charge is 2.24. The first kappa shape index (κ1) is 20.3. The molecule has 0 atom stereocenters. The van der Waals surface area contributed by atoms with Crippen LogP contribution in [0.5, 0.6) is 0 Å². The van der Waals surface area contributed by atoms with E-state index in [0.29, 0.717) is 26.2 Å². The number of piperazine rings is 1. The first-order chi connectivity index (χ1) is 13.7. The van der Waals surface area contributed by atoms with Crippen LogP contribution in [-0.2, 0) is 16.0 Å². The molecule has 2 heterocycles. The first-order valence-corrected chi connectivity index (χ1v) is 10.0. The van der Waals surface area contributed by atoms with Crippen molar-refractivity contribution in [2.45, 2.75) is 13.5 Å². The van der Waals surface area contributed by atoms with Gasteiger partial charge in [-0.2, -0.15) is 0 Å². The highest BCUT2D eigenvalue weighted by molar-refractivity contribution is 5.80. The number of amides is 1. The lowest BCUT2D eigenvalue weighted by Crippen LogP contribution is -2.53. The van der Waals surface area contributed by atoms with Crippen molar-refractivity contribution in [2.75, 3.05) is 71.0 Å². The number of para-hydroxylation sites is 1. The van der Waals surface area contributed by atoms with Crippen LogP contribution in [-0.4, -0.2) is 88.0 Å². The molecule has 0 radical (unpaired) electrons. The number of ether oxygens (including phenoxy) is 2. The average molecular weight is 390 g/mol. The Morgan fingerprint density at radius 1 is 1.11 bits per heavy atom. The summed E-state index contributed by atoms with van der Waals surface area (Å²) >= 11 is 0. The van der Waals surface area contributed by atoms with Gasteiger partial charge in [0.15, 0.2) is 5.96 Å². The van der Waals surface area contributed by atoms with Gasteiger partial charge in [-0.25, -0.2) is 4.79 Å². The lowest BCUT2D eigenvalue weighted by molar-refractivity contribution is 0.0914. The molecule has 2 aliphatic rings. The summed E-state index contributed by atoms with van der Waals surface area (Å²) in [5.74, 6) is 0.861. The third kappa shape index (κ3) is 5.07. The minimum atomic E-state index is -0.232. The van der Waals surface area contributed by atoms with Crippen molar-refractivity contribution in [1.29, 1.82) is 0 Å². The predicted octanol–water partition coefficient (Wildman–Crippen LogP) is 1.37. The van der Waals surface area contributed by atoms with Crippen molar-refractivity contribution < 1.29 is 14.3 Å². The highest BCUT2D eigenvalue weighted by atomic mass is 16.6. The summed E-state index contributed by atoms with van der Waals surface area (Å²) in [4.78, 5) is 22.6. The van der Waals surface area contributed by atoms with E-state index in [1.54, 1.807) is 11.9 Å². The van der Waals surface area contributed by atoms with Gasteiger partial charge in [-0.3, -0.25) is 4.99 Å². The quantitative estimate of drug-likeness (QED) is 0.620. The largest absolute Gasteiger partial charge is 0.450 e. The van der Waals surface area contributed by atoms with Gasteiger partial charge in [-0.15, -0.1) is 0 Å². The van der Waals surface area contributed by atoms with Gasteiger partial charge in [-0.1, -0.05) is 18.2 Å². The van der Waals surface area contributed by atoms with Crippen LogP contribution >= 0.6 is 0 Å². The number of anilines is 1. The number of morpholine rings is 1. The maximum atomic E-state index is 11.9. The Hall–Kier alpha value is -2.48. The van der Waals surface area contributed by atoms with Crippen molar-refractivity contribution >= 4 is 17.7 Å². The van der Waals surface area contributed by atoms with E-state index >= 15 is 0 Å². The van der Waals surface area contributed by atoms with Crippen molar-refractivity contribution in [3.63, 3.8) is 0 Å². The first-order valence-electron chi connectivity index (χ1n) is 10.0. The molecule has 2 aliphatic heterocycles. The Morgan fingerprint density at radius 2 is 1.79 bits per heavy atom. The molecule has 1 N–H and O–H groups in total.